The van der Waals surface area contributed by atoms with Crippen molar-refractivity contribution < 1.29 is 23.9 Å². The molecule has 2 amide bonds. The maximum absolute atomic E-state index is 14.8. The van der Waals surface area contributed by atoms with Gasteiger partial charge < -0.3 is 15.3 Å². The van der Waals surface area contributed by atoms with E-state index in [0.29, 0.717) is 23.4 Å². The van der Waals surface area contributed by atoms with Gasteiger partial charge in [-0.1, -0.05) is 37.6 Å². The van der Waals surface area contributed by atoms with Crippen LogP contribution in [0.2, 0.25) is 5.02 Å². The molecule has 7 nitrogen and oxygen atoms in total. The smallest absolute Gasteiger partial charge is 0.305 e. The van der Waals surface area contributed by atoms with Crippen molar-refractivity contribution in [3.8, 4) is 0 Å². The number of hydrogen-bond donors (Lipinski definition) is 2. The highest BCUT2D eigenvalue weighted by Crippen LogP contribution is 2.49. The first-order valence-corrected chi connectivity index (χ1v) is 12.8. The van der Waals surface area contributed by atoms with E-state index >= 15 is 0 Å². The van der Waals surface area contributed by atoms with Crippen molar-refractivity contribution in [2.24, 2.45) is 10.4 Å². The number of halogens is 2. The predicted octanol–water partition coefficient (Wildman–Crippen LogP) is 5.37. The number of aliphatic imine (C=N–C) groups is 1. The summed E-state index contributed by atoms with van der Waals surface area (Å²) in [6.07, 6.45) is 2.89. The molecule has 0 bridgehead atoms. The van der Waals surface area contributed by atoms with Gasteiger partial charge in [0.2, 0.25) is 0 Å². The third-order valence-corrected chi connectivity index (χ3v) is 7.68. The lowest BCUT2D eigenvalue weighted by Gasteiger charge is -2.46. The van der Waals surface area contributed by atoms with Crippen molar-refractivity contribution in [1.82, 2.24) is 10.2 Å². The highest BCUT2D eigenvalue weighted by Gasteiger charge is 2.52. The molecule has 1 aliphatic heterocycles. The van der Waals surface area contributed by atoms with Gasteiger partial charge in [0.05, 0.1) is 12.5 Å². The number of amides is 2. The number of nitrogens with one attached hydrogen (secondary N) is 1. The molecule has 2 aliphatic rings. The van der Waals surface area contributed by atoms with Gasteiger partial charge in [-0.3, -0.25) is 19.4 Å². The lowest BCUT2D eigenvalue weighted by molar-refractivity contribution is -0.137. The fourth-order valence-electron chi connectivity index (χ4n) is 5.13. The highest BCUT2D eigenvalue weighted by molar-refractivity contribution is 6.47. The summed E-state index contributed by atoms with van der Waals surface area (Å²) in [6.45, 7) is 6.35. The number of carbonyl (C=O) groups excluding carboxylic acids is 2. The lowest BCUT2D eigenvalue weighted by atomic mass is 9.72. The number of nitrogens with zero attached hydrogens (tertiary/aromatic N) is 2. The van der Waals surface area contributed by atoms with E-state index in [1.54, 1.807) is 29.2 Å². The summed E-state index contributed by atoms with van der Waals surface area (Å²) in [5.41, 5.74) is 0.719. The Hall–Kier alpha value is -3.26. The number of aliphatic carboxylic acids is 1. The van der Waals surface area contributed by atoms with Crippen molar-refractivity contribution >= 4 is 35.1 Å². The van der Waals surface area contributed by atoms with Crippen molar-refractivity contribution in [2.75, 3.05) is 6.54 Å². The van der Waals surface area contributed by atoms with Crippen LogP contribution in [0.15, 0.2) is 47.5 Å². The Kier molecular flexibility index (Phi) is 7.42. The molecule has 1 spiro atoms. The summed E-state index contributed by atoms with van der Waals surface area (Å²) in [6, 6.07) is 10.6. The van der Waals surface area contributed by atoms with Crippen LogP contribution in [-0.4, -0.2) is 45.7 Å². The zero-order valence-electron chi connectivity index (χ0n) is 21.2. The number of rotatable bonds is 7. The number of carboxylic acid groups (broad SMARTS) is 1. The van der Waals surface area contributed by atoms with E-state index < -0.39 is 17.4 Å². The fraction of sp³-hybridized carbons (Fsp3) is 0.429. The largest absolute Gasteiger partial charge is 0.481 e. The molecular formula is C28H31ClFN3O4. The van der Waals surface area contributed by atoms with Crippen LogP contribution in [0.25, 0.3) is 0 Å². The second-order valence-electron chi connectivity index (χ2n) is 10.6. The normalized spacial score (nSPS) is 19.0. The Bertz CT molecular complexity index is 1250. The van der Waals surface area contributed by atoms with Gasteiger partial charge in [-0.25, -0.2) is 4.39 Å². The zero-order chi connectivity index (χ0) is 27.0. The monoisotopic (exact) mass is 527 g/mol. The quantitative estimate of drug-likeness (QED) is 0.505. The first-order valence-electron chi connectivity index (χ1n) is 12.4. The average molecular weight is 528 g/mol. The van der Waals surface area contributed by atoms with E-state index in [4.69, 9.17) is 21.7 Å². The molecule has 1 atom stereocenters. The number of hydrogen-bond acceptors (Lipinski definition) is 4. The molecule has 1 fully saturated rings. The minimum atomic E-state index is -0.987. The minimum absolute atomic E-state index is 0.0354. The molecule has 9 heteroatoms. The van der Waals surface area contributed by atoms with Gasteiger partial charge in [-0.15, -0.1) is 0 Å². The first kappa shape index (κ1) is 26.8. The van der Waals surface area contributed by atoms with Crippen molar-refractivity contribution in [3.05, 3.63) is 70.0 Å². The molecule has 2 aromatic rings. The van der Waals surface area contributed by atoms with Gasteiger partial charge in [0.1, 0.15) is 17.2 Å². The van der Waals surface area contributed by atoms with Crippen molar-refractivity contribution in [1.29, 1.82) is 0 Å². The molecule has 0 aromatic heterocycles. The van der Waals surface area contributed by atoms with Gasteiger partial charge in [0, 0.05) is 22.7 Å². The van der Waals surface area contributed by atoms with E-state index in [-0.39, 0.29) is 47.5 Å². The Morgan fingerprint density at radius 3 is 2.41 bits per heavy atom. The van der Waals surface area contributed by atoms with E-state index in [1.807, 2.05) is 6.92 Å². The first-order chi connectivity index (χ1) is 17.4. The number of carboxylic acids is 1. The van der Waals surface area contributed by atoms with Crippen LogP contribution < -0.4 is 5.32 Å². The van der Waals surface area contributed by atoms with Crippen molar-refractivity contribution in [2.45, 2.75) is 64.6 Å². The van der Waals surface area contributed by atoms with Crippen LogP contribution in [0.1, 0.15) is 80.4 Å². The van der Waals surface area contributed by atoms with Crippen LogP contribution in [-0.2, 0) is 9.59 Å². The summed E-state index contributed by atoms with van der Waals surface area (Å²) in [4.78, 5) is 43.5. The highest BCUT2D eigenvalue weighted by atomic mass is 35.5. The molecule has 4 rings (SSSR count). The van der Waals surface area contributed by atoms with E-state index in [1.165, 1.54) is 18.2 Å². The Labute approximate surface area is 220 Å². The Balaban J connectivity index is 1.63. The third kappa shape index (κ3) is 5.54. The molecule has 1 saturated carbocycles. The molecule has 37 heavy (non-hydrogen) atoms. The van der Waals surface area contributed by atoms with E-state index in [9.17, 15) is 18.8 Å². The summed E-state index contributed by atoms with van der Waals surface area (Å²) in [5.74, 6) is -2.25. The molecule has 0 saturated heterocycles. The molecule has 1 heterocycles. The summed E-state index contributed by atoms with van der Waals surface area (Å²) < 4.78 is 14.8. The SMILES string of the molecule is C[C@H](c1ccc(C(=O)NCCC(=O)O)cc1)N1C(=O)C(c2cc(Cl)ccc2F)=NC12CCC(C)(C)CC2. The maximum Gasteiger partial charge on any atom is 0.305 e. The van der Waals surface area contributed by atoms with Gasteiger partial charge >= 0.3 is 5.97 Å². The van der Waals surface area contributed by atoms with Crippen LogP contribution in [0.3, 0.4) is 0 Å². The molecule has 0 radical (unpaired) electrons. The van der Waals surface area contributed by atoms with E-state index in [0.717, 1.165) is 18.4 Å². The maximum atomic E-state index is 14.8. The van der Waals surface area contributed by atoms with Gasteiger partial charge in [-0.2, -0.15) is 0 Å². The number of carbonyl (C=O) groups is 3. The fourth-order valence-corrected chi connectivity index (χ4v) is 5.30. The minimum Gasteiger partial charge on any atom is -0.481 e. The number of benzene rings is 2. The van der Waals surface area contributed by atoms with Crippen LogP contribution >= 0.6 is 11.6 Å². The Morgan fingerprint density at radius 2 is 1.78 bits per heavy atom. The van der Waals surface area contributed by atoms with Gasteiger partial charge in [-0.05, 0) is 73.9 Å². The molecule has 196 valence electrons. The van der Waals surface area contributed by atoms with E-state index in [2.05, 4.69) is 19.2 Å². The predicted molar refractivity (Wildman–Crippen MR) is 139 cm³/mol. The summed E-state index contributed by atoms with van der Waals surface area (Å²) in [7, 11) is 0. The second kappa shape index (κ2) is 10.2. The third-order valence-electron chi connectivity index (χ3n) is 7.44. The second-order valence-corrected chi connectivity index (χ2v) is 11.0. The standard InChI is InChI=1S/C28H31ClFN3O4/c1-17(18-4-6-19(7-5-18)25(36)31-15-10-23(34)35)33-26(37)24(21-16-20(29)8-9-22(21)30)32-28(33)13-11-27(2,3)12-14-28/h4-9,16-17H,10-15H2,1-3H3,(H,31,36)(H,34,35)/t17-/m1/s1. The summed E-state index contributed by atoms with van der Waals surface area (Å²) >= 11 is 6.13. The van der Waals surface area contributed by atoms with Gasteiger partial charge in [0.25, 0.3) is 11.8 Å². The van der Waals surface area contributed by atoms with Crippen LogP contribution in [0.5, 0.6) is 0 Å². The van der Waals surface area contributed by atoms with Crippen LogP contribution in [0, 0.1) is 11.2 Å². The van der Waals surface area contributed by atoms with Crippen LogP contribution in [0.4, 0.5) is 4.39 Å². The topological polar surface area (TPSA) is 99.1 Å². The molecule has 0 unspecified atom stereocenters. The average Bonchev–Trinajstić information content (AvgIpc) is 3.14. The lowest BCUT2D eigenvalue weighted by Crippen LogP contribution is -2.51. The molecule has 2 N–H and O–H groups in total. The zero-order valence-corrected chi connectivity index (χ0v) is 21.9. The molecule has 2 aromatic carbocycles. The molecular weight excluding hydrogens is 497 g/mol. The van der Waals surface area contributed by atoms with Gasteiger partial charge in [0.15, 0.2) is 0 Å². The Morgan fingerprint density at radius 1 is 1.14 bits per heavy atom. The molecule has 1 aliphatic carbocycles. The van der Waals surface area contributed by atoms with Crippen molar-refractivity contribution in [3.63, 3.8) is 0 Å². The summed E-state index contributed by atoms with van der Waals surface area (Å²) in [5, 5.41) is 11.7.